The van der Waals surface area contributed by atoms with Gasteiger partial charge in [0.2, 0.25) is 11.9 Å². The number of hydrogen-bond donors (Lipinski definition) is 3. The number of urea groups is 1. The van der Waals surface area contributed by atoms with Crippen LogP contribution in [-0.2, 0) is 16.1 Å². The van der Waals surface area contributed by atoms with E-state index >= 15 is 0 Å². The molecular weight excluding hydrogens is 398 g/mol. The first-order valence-corrected chi connectivity index (χ1v) is 10.8. The van der Waals surface area contributed by atoms with E-state index in [1.807, 2.05) is 56.5 Å². The van der Waals surface area contributed by atoms with Crippen LogP contribution in [-0.4, -0.2) is 51.2 Å². The van der Waals surface area contributed by atoms with Gasteiger partial charge in [-0.15, -0.1) is 0 Å². The largest absolute Gasteiger partial charge is 0.480 e. The average Bonchev–Trinajstić information content (AvgIpc) is 3.29. The summed E-state index contributed by atoms with van der Waals surface area (Å²) in [4.78, 5) is 43.7. The molecule has 168 valence electrons. The number of benzene rings is 1. The number of carboxylic acid groups (broad SMARTS) is 1. The van der Waals surface area contributed by atoms with Crippen molar-refractivity contribution in [2.45, 2.75) is 59.2 Å². The minimum atomic E-state index is -1.08. The maximum absolute atomic E-state index is 13.1. The standard InChI is InChI=1S/C22H31N5O4/c1-5-14(4)18(19(28)23-16(20(29)30)12-13(2)3)25-22(31)27-11-10-26-17-9-7-6-8-15(17)24-21(26)27/h6-9,13-14,16,18H,5,10-12H2,1-4H3,(H,23,28)(H,25,31)(H,29,30)/t14-,16-,18-/m0/s1. The Hall–Kier alpha value is -3.10. The van der Waals surface area contributed by atoms with Crippen molar-refractivity contribution >= 4 is 34.9 Å². The predicted octanol–water partition coefficient (Wildman–Crippen LogP) is 2.60. The molecule has 0 saturated heterocycles. The zero-order chi connectivity index (χ0) is 22.7. The van der Waals surface area contributed by atoms with Gasteiger partial charge in [0.15, 0.2) is 0 Å². The second-order valence-corrected chi connectivity index (χ2v) is 8.55. The van der Waals surface area contributed by atoms with Gasteiger partial charge >= 0.3 is 12.0 Å². The molecule has 0 radical (unpaired) electrons. The van der Waals surface area contributed by atoms with Gasteiger partial charge in [0, 0.05) is 13.1 Å². The Morgan fingerprint density at radius 2 is 1.84 bits per heavy atom. The molecule has 1 aliphatic heterocycles. The summed E-state index contributed by atoms with van der Waals surface area (Å²) in [5, 5.41) is 14.9. The Kier molecular flexibility index (Phi) is 6.82. The number of fused-ring (bicyclic) bond motifs is 3. The van der Waals surface area contributed by atoms with Gasteiger partial charge in [0.1, 0.15) is 12.1 Å². The van der Waals surface area contributed by atoms with E-state index in [-0.39, 0.29) is 11.8 Å². The van der Waals surface area contributed by atoms with Crippen molar-refractivity contribution in [1.29, 1.82) is 0 Å². The number of anilines is 1. The molecule has 1 aliphatic rings. The Balaban J connectivity index is 1.76. The lowest BCUT2D eigenvalue weighted by Crippen LogP contribution is -2.56. The number of nitrogens with zero attached hydrogens (tertiary/aromatic N) is 3. The third-order valence-electron chi connectivity index (χ3n) is 5.76. The van der Waals surface area contributed by atoms with Crippen LogP contribution in [0, 0.1) is 11.8 Å². The summed E-state index contributed by atoms with van der Waals surface area (Å²) in [6.45, 7) is 8.67. The number of imidazole rings is 1. The number of carboxylic acids is 1. The lowest BCUT2D eigenvalue weighted by molar-refractivity contribution is -0.142. The molecule has 0 aliphatic carbocycles. The van der Waals surface area contributed by atoms with Crippen LogP contribution in [0.5, 0.6) is 0 Å². The smallest absolute Gasteiger partial charge is 0.326 e. The number of amides is 3. The second kappa shape index (κ2) is 9.36. The van der Waals surface area contributed by atoms with Crippen molar-refractivity contribution in [2.24, 2.45) is 11.8 Å². The summed E-state index contributed by atoms with van der Waals surface area (Å²) in [6.07, 6.45) is 0.969. The fourth-order valence-corrected chi connectivity index (χ4v) is 3.85. The lowest BCUT2D eigenvalue weighted by Gasteiger charge is -2.27. The third kappa shape index (κ3) is 4.81. The molecule has 1 aromatic carbocycles. The number of aromatic nitrogens is 2. The Bertz CT molecular complexity index is 970. The molecule has 31 heavy (non-hydrogen) atoms. The highest BCUT2D eigenvalue weighted by Gasteiger charge is 2.34. The van der Waals surface area contributed by atoms with Crippen molar-refractivity contribution < 1.29 is 19.5 Å². The highest BCUT2D eigenvalue weighted by atomic mass is 16.4. The first-order chi connectivity index (χ1) is 14.7. The second-order valence-electron chi connectivity index (χ2n) is 8.55. The van der Waals surface area contributed by atoms with E-state index in [9.17, 15) is 19.5 Å². The monoisotopic (exact) mass is 429 g/mol. The fourth-order valence-electron chi connectivity index (χ4n) is 3.85. The molecule has 1 aromatic heterocycles. The first-order valence-electron chi connectivity index (χ1n) is 10.8. The van der Waals surface area contributed by atoms with Gasteiger partial charge in [-0.05, 0) is 30.4 Å². The highest BCUT2D eigenvalue weighted by Crippen LogP contribution is 2.27. The Morgan fingerprint density at radius 1 is 1.13 bits per heavy atom. The summed E-state index contributed by atoms with van der Waals surface area (Å²) >= 11 is 0. The average molecular weight is 430 g/mol. The SMILES string of the molecule is CC[C@H](C)[C@H](NC(=O)N1CCn2c1nc1ccccc12)C(=O)N[C@@H](CC(C)C)C(=O)O. The van der Waals surface area contributed by atoms with Crippen LogP contribution in [0.3, 0.4) is 0 Å². The summed E-state index contributed by atoms with van der Waals surface area (Å²) in [5.41, 5.74) is 1.77. The topological polar surface area (TPSA) is 117 Å². The quantitative estimate of drug-likeness (QED) is 0.596. The number of rotatable bonds is 8. The number of nitrogens with one attached hydrogen (secondary N) is 2. The Labute approximate surface area is 181 Å². The van der Waals surface area contributed by atoms with E-state index in [0.29, 0.717) is 31.9 Å². The van der Waals surface area contributed by atoms with Crippen molar-refractivity contribution in [3.8, 4) is 0 Å². The molecule has 9 heteroatoms. The van der Waals surface area contributed by atoms with Gasteiger partial charge in [-0.3, -0.25) is 9.69 Å². The number of carbonyl (C=O) groups is 3. The molecule has 0 spiro atoms. The van der Waals surface area contributed by atoms with Gasteiger partial charge in [0.05, 0.1) is 11.0 Å². The van der Waals surface area contributed by atoms with Crippen LogP contribution >= 0.6 is 0 Å². The molecule has 3 rings (SSSR count). The molecule has 0 saturated carbocycles. The van der Waals surface area contributed by atoms with Gasteiger partial charge in [0.25, 0.3) is 0 Å². The van der Waals surface area contributed by atoms with Crippen molar-refractivity contribution in [2.75, 3.05) is 11.4 Å². The number of carbonyl (C=O) groups excluding carboxylic acids is 2. The van der Waals surface area contributed by atoms with E-state index < -0.39 is 30.0 Å². The van der Waals surface area contributed by atoms with Gasteiger partial charge in [-0.25, -0.2) is 14.6 Å². The van der Waals surface area contributed by atoms with Gasteiger partial charge in [-0.2, -0.15) is 0 Å². The molecule has 0 fully saturated rings. The molecule has 0 unspecified atom stereocenters. The summed E-state index contributed by atoms with van der Waals surface area (Å²) < 4.78 is 1.98. The zero-order valence-electron chi connectivity index (χ0n) is 18.5. The summed E-state index contributed by atoms with van der Waals surface area (Å²) in [6, 6.07) is 5.44. The van der Waals surface area contributed by atoms with Crippen molar-refractivity contribution in [3.05, 3.63) is 24.3 Å². The van der Waals surface area contributed by atoms with Gasteiger partial charge < -0.3 is 20.3 Å². The lowest BCUT2D eigenvalue weighted by atomic mass is 9.97. The molecule has 9 nitrogen and oxygen atoms in total. The molecular formula is C22H31N5O4. The van der Waals surface area contributed by atoms with Crippen LogP contribution in [0.4, 0.5) is 10.7 Å². The van der Waals surface area contributed by atoms with Crippen LogP contribution in [0.1, 0.15) is 40.5 Å². The number of hydrogen-bond acceptors (Lipinski definition) is 4. The van der Waals surface area contributed by atoms with E-state index in [1.165, 1.54) is 4.90 Å². The number of aliphatic carboxylic acids is 1. The molecule has 3 atom stereocenters. The van der Waals surface area contributed by atoms with E-state index in [0.717, 1.165) is 11.0 Å². The summed E-state index contributed by atoms with van der Waals surface area (Å²) in [7, 11) is 0. The van der Waals surface area contributed by atoms with Crippen LogP contribution < -0.4 is 15.5 Å². The van der Waals surface area contributed by atoms with Crippen molar-refractivity contribution in [1.82, 2.24) is 20.2 Å². The molecule has 2 heterocycles. The van der Waals surface area contributed by atoms with E-state index in [2.05, 4.69) is 15.6 Å². The minimum Gasteiger partial charge on any atom is -0.480 e. The molecule has 2 aromatic rings. The van der Waals surface area contributed by atoms with E-state index in [1.54, 1.807) is 0 Å². The molecule has 3 amide bonds. The van der Waals surface area contributed by atoms with Crippen LogP contribution in [0.25, 0.3) is 11.0 Å². The predicted molar refractivity (Wildman–Crippen MR) is 118 cm³/mol. The first kappa shape index (κ1) is 22.6. The fraction of sp³-hybridized carbons (Fsp3) is 0.545. The Morgan fingerprint density at radius 3 is 2.48 bits per heavy atom. The van der Waals surface area contributed by atoms with Gasteiger partial charge in [-0.1, -0.05) is 46.2 Å². The zero-order valence-corrected chi connectivity index (χ0v) is 18.5. The van der Waals surface area contributed by atoms with Crippen LogP contribution in [0.2, 0.25) is 0 Å². The van der Waals surface area contributed by atoms with E-state index in [4.69, 9.17) is 0 Å². The minimum absolute atomic E-state index is 0.107. The maximum Gasteiger partial charge on any atom is 0.326 e. The highest BCUT2D eigenvalue weighted by molar-refractivity contribution is 5.97. The third-order valence-corrected chi connectivity index (χ3v) is 5.76. The number of para-hydroxylation sites is 2. The van der Waals surface area contributed by atoms with Crippen molar-refractivity contribution in [3.63, 3.8) is 0 Å². The van der Waals surface area contributed by atoms with Crippen LogP contribution in [0.15, 0.2) is 24.3 Å². The molecule has 0 bridgehead atoms. The summed E-state index contributed by atoms with van der Waals surface area (Å²) in [5.74, 6) is -1.08. The normalized spacial score (nSPS) is 16.1. The molecule has 3 N–H and O–H groups in total. The maximum atomic E-state index is 13.1.